The minimum absolute atomic E-state index is 0.884. The lowest BCUT2D eigenvalue weighted by molar-refractivity contribution is 0.187. The van der Waals surface area contributed by atoms with Crippen LogP contribution in [0.4, 0.5) is 5.69 Å². The van der Waals surface area contributed by atoms with Crippen LogP contribution in [0.25, 0.3) is 0 Å². The lowest BCUT2D eigenvalue weighted by Crippen LogP contribution is -2.49. The number of rotatable bonds is 3. The lowest BCUT2D eigenvalue weighted by atomic mass is 10.1. The van der Waals surface area contributed by atoms with E-state index in [0.717, 1.165) is 11.4 Å². The molecule has 0 aromatic heterocycles. The largest absolute Gasteiger partial charge is 0.369 e. The van der Waals surface area contributed by atoms with Gasteiger partial charge in [-0.15, -0.1) is 0 Å². The Morgan fingerprint density at radius 1 is 1.10 bits per heavy atom. The summed E-state index contributed by atoms with van der Waals surface area (Å²) in [5.41, 5.74) is 4.20. The van der Waals surface area contributed by atoms with Gasteiger partial charge in [-0.2, -0.15) is 0 Å². The molecule has 110 valence electrons. The maximum absolute atomic E-state index is 3.55. The molecule has 1 aliphatic carbocycles. The van der Waals surface area contributed by atoms with Crippen molar-refractivity contribution >= 4 is 21.6 Å². The van der Waals surface area contributed by atoms with Crippen LogP contribution in [0.2, 0.25) is 0 Å². The lowest BCUT2D eigenvalue weighted by Gasteiger charge is -2.39. The van der Waals surface area contributed by atoms with E-state index in [4.69, 9.17) is 0 Å². The molecule has 2 nitrogen and oxygen atoms in total. The van der Waals surface area contributed by atoms with Crippen LogP contribution in [0, 0.1) is 6.92 Å². The number of nitrogens with zero attached hydrogens (tertiary/aromatic N) is 2. The molecule has 1 aliphatic heterocycles. The van der Waals surface area contributed by atoms with Crippen LogP contribution < -0.4 is 4.90 Å². The van der Waals surface area contributed by atoms with Gasteiger partial charge < -0.3 is 4.90 Å². The second-order valence-electron chi connectivity index (χ2n) is 6.21. The summed E-state index contributed by atoms with van der Waals surface area (Å²) in [7, 11) is 0. The van der Waals surface area contributed by atoms with Crippen molar-refractivity contribution in [3.63, 3.8) is 0 Å². The summed E-state index contributed by atoms with van der Waals surface area (Å²) in [5, 5.41) is 0.953. The van der Waals surface area contributed by atoms with Gasteiger partial charge in [0.25, 0.3) is 0 Å². The molecule has 1 saturated carbocycles. The minimum atomic E-state index is 0.884. The monoisotopic (exact) mass is 336 g/mol. The van der Waals surface area contributed by atoms with Crippen molar-refractivity contribution < 1.29 is 0 Å². The SMILES string of the molecule is Cc1cc(N2CCN(C3CCCC3)CC2)ccc1CBr. The smallest absolute Gasteiger partial charge is 0.0369 e. The van der Waals surface area contributed by atoms with E-state index in [0.29, 0.717) is 0 Å². The first kappa shape index (κ1) is 14.4. The van der Waals surface area contributed by atoms with Crippen LogP contribution in [0.1, 0.15) is 36.8 Å². The van der Waals surface area contributed by atoms with Crippen molar-refractivity contribution in [2.45, 2.75) is 44.0 Å². The van der Waals surface area contributed by atoms with E-state index in [1.54, 1.807) is 0 Å². The van der Waals surface area contributed by atoms with Crippen molar-refractivity contribution in [2.24, 2.45) is 0 Å². The molecule has 0 spiro atoms. The summed E-state index contributed by atoms with van der Waals surface area (Å²) in [6.07, 6.45) is 5.74. The molecule has 0 unspecified atom stereocenters. The normalized spacial score (nSPS) is 21.6. The van der Waals surface area contributed by atoms with E-state index in [1.165, 1.54) is 68.7 Å². The van der Waals surface area contributed by atoms with Gasteiger partial charge in [0.2, 0.25) is 0 Å². The third-order valence-electron chi connectivity index (χ3n) is 4.99. The predicted molar refractivity (Wildman–Crippen MR) is 89.9 cm³/mol. The predicted octanol–water partition coefficient (Wildman–Crippen LogP) is 3.95. The van der Waals surface area contributed by atoms with Crippen molar-refractivity contribution in [1.82, 2.24) is 4.90 Å². The summed E-state index contributed by atoms with van der Waals surface area (Å²) in [6, 6.07) is 7.79. The Labute approximate surface area is 131 Å². The fourth-order valence-corrected chi connectivity index (χ4v) is 4.27. The molecule has 3 heteroatoms. The summed E-state index contributed by atoms with van der Waals surface area (Å²) in [5.74, 6) is 0. The molecule has 1 aromatic carbocycles. The number of alkyl halides is 1. The summed E-state index contributed by atoms with van der Waals surface area (Å²) in [6.45, 7) is 7.07. The van der Waals surface area contributed by atoms with Crippen LogP contribution in [0.5, 0.6) is 0 Å². The molecule has 1 heterocycles. The Morgan fingerprint density at radius 3 is 2.40 bits per heavy atom. The van der Waals surface area contributed by atoms with Crippen LogP contribution in [-0.2, 0) is 5.33 Å². The molecule has 3 rings (SSSR count). The van der Waals surface area contributed by atoms with Crippen LogP contribution in [0.15, 0.2) is 18.2 Å². The molecule has 2 fully saturated rings. The van der Waals surface area contributed by atoms with E-state index < -0.39 is 0 Å². The van der Waals surface area contributed by atoms with E-state index >= 15 is 0 Å². The molecule has 0 amide bonds. The fourth-order valence-electron chi connectivity index (χ4n) is 3.64. The zero-order chi connectivity index (χ0) is 13.9. The maximum atomic E-state index is 3.55. The van der Waals surface area contributed by atoms with Gasteiger partial charge in [0.05, 0.1) is 0 Å². The van der Waals surface area contributed by atoms with Crippen LogP contribution in [-0.4, -0.2) is 37.1 Å². The van der Waals surface area contributed by atoms with Gasteiger partial charge in [-0.3, -0.25) is 4.90 Å². The highest BCUT2D eigenvalue weighted by molar-refractivity contribution is 9.08. The fraction of sp³-hybridized carbons (Fsp3) is 0.647. The van der Waals surface area contributed by atoms with Crippen molar-refractivity contribution in [2.75, 3.05) is 31.1 Å². The number of benzene rings is 1. The Morgan fingerprint density at radius 2 is 1.80 bits per heavy atom. The van der Waals surface area contributed by atoms with E-state index in [-0.39, 0.29) is 0 Å². The Hall–Kier alpha value is -0.540. The first-order valence-electron chi connectivity index (χ1n) is 7.92. The van der Waals surface area contributed by atoms with Gasteiger partial charge in [-0.25, -0.2) is 0 Å². The summed E-state index contributed by atoms with van der Waals surface area (Å²) in [4.78, 5) is 5.28. The quantitative estimate of drug-likeness (QED) is 0.771. The molecular formula is C17H25BrN2. The highest BCUT2D eigenvalue weighted by Crippen LogP contribution is 2.26. The molecule has 20 heavy (non-hydrogen) atoms. The standard InChI is InChI=1S/C17H25BrN2/c1-14-12-17(7-6-15(14)13-18)20-10-8-19(9-11-20)16-4-2-3-5-16/h6-7,12,16H,2-5,8-11,13H2,1H3. The molecule has 0 N–H and O–H groups in total. The number of halogens is 1. The maximum Gasteiger partial charge on any atom is 0.0369 e. The summed E-state index contributed by atoms with van der Waals surface area (Å²) >= 11 is 3.55. The van der Waals surface area contributed by atoms with Crippen molar-refractivity contribution in [3.8, 4) is 0 Å². The average molecular weight is 337 g/mol. The van der Waals surface area contributed by atoms with Crippen molar-refractivity contribution in [1.29, 1.82) is 0 Å². The molecule has 1 saturated heterocycles. The Balaban J connectivity index is 1.61. The first-order valence-corrected chi connectivity index (χ1v) is 9.04. The average Bonchev–Trinajstić information content (AvgIpc) is 3.01. The number of hydrogen-bond donors (Lipinski definition) is 0. The number of aryl methyl sites for hydroxylation is 1. The molecule has 0 atom stereocenters. The van der Waals surface area contributed by atoms with Gasteiger partial charge in [0.1, 0.15) is 0 Å². The second kappa shape index (κ2) is 6.48. The first-order chi connectivity index (χ1) is 9.78. The molecule has 2 aliphatic rings. The molecule has 0 bridgehead atoms. The zero-order valence-corrected chi connectivity index (χ0v) is 14.0. The van der Waals surface area contributed by atoms with Gasteiger partial charge in [0, 0.05) is 43.2 Å². The van der Waals surface area contributed by atoms with Gasteiger partial charge in [0.15, 0.2) is 0 Å². The Kier molecular flexibility index (Phi) is 4.67. The van der Waals surface area contributed by atoms with Gasteiger partial charge in [-0.1, -0.05) is 34.8 Å². The van der Waals surface area contributed by atoms with Gasteiger partial charge >= 0.3 is 0 Å². The van der Waals surface area contributed by atoms with Gasteiger partial charge in [-0.05, 0) is 43.0 Å². The Bertz CT molecular complexity index is 446. The second-order valence-corrected chi connectivity index (χ2v) is 6.77. The number of anilines is 1. The highest BCUT2D eigenvalue weighted by atomic mass is 79.9. The van der Waals surface area contributed by atoms with E-state index in [9.17, 15) is 0 Å². The molecule has 0 radical (unpaired) electrons. The van der Waals surface area contributed by atoms with E-state index in [1.807, 2.05) is 0 Å². The van der Waals surface area contributed by atoms with Crippen LogP contribution in [0.3, 0.4) is 0 Å². The molecule has 1 aromatic rings. The molecular weight excluding hydrogens is 312 g/mol. The minimum Gasteiger partial charge on any atom is -0.369 e. The third-order valence-corrected chi connectivity index (χ3v) is 5.59. The number of hydrogen-bond acceptors (Lipinski definition) is 2. The van der Waals surface area contributed by atoms with Crippen molar-refractivity contribution in [3.05, 3.63) is 29.3 Å². The topological polar surface area (TPSA) is 6.48 Å². The summed E-state index contributed by atoms with van der Waals surface area (Å²) < 4.78 is 0. The highest BCUT2D eigenvalue weighted by Gasteiger charge is 2.26. The third kappa shape index (κ3) is 3.04. The zero-order valence-electron chi connectivity index (χ0n) is 12.4. The van der Waals surface area contributed by atoms with E-state index in [2.05, 4.69) is 50.9 Å². The number of piperazine rings is 1. The van der Waals surface area contributed by atoms with Crippen LogP contribution >= 0.6 is 15.9 Å².